The summed E-state index contributed by atoms with van der Waals surface area (Å²) in [5.41, 5.74) is 5.31. The van der Waals surface area contributed by atoms with E-state index in [2.05, 4.69) is 0 Å². The minimum atomic E-state index is -4.27. The van der Waals surface area contributed by atoms with Gasteiger partial charge in [0.25, 0.3) is 0 Å². The second-order valence-electron chi connectivity index (χ2n) is 2.90. The van der Waals surface area contributed by atoms with Gasteiger partial charge in [0.05, 0.1) is 18.7 Å². The van der Waals surface area contributed by atoms with Gasteiger partial charge in [0.1, 0.15) is 11.6 Å². The molecule has 0 saturated heterocycles. The molecule has 0 amide bonds. The number of nitrogen functional groups attached to an aromatic ring is 1. The van der Waals surface area contributed by atoms with Crippen molar-refractivity contribution in [2.24, 2.45) is 0 Å². The van der Waals surface area contributed by atoms with Crippen LogP contribution >= 0.6 is 12.4 Å². The lowest BCUT2D eigenvalue weighted by atomic mass is 10.3. The van der Waals surface area contributed by atoms with Crippen molar-refractivity contribution >= 4 is 18.1 Å². The van der Waals surface area contributed by atoms with E-state index in [4.69, 9.17) is 10.5 Å². The number of nitrogens with two attached hydrogens (primary N) is 1. The lowest BCUT2D eigenvalue weighted by molar-refractivity contribution is -0.139. The standard InChI is InChI=1S/C9H9F4NO.ClH/c10-6-1-2-8(7(14)5-6)15-4-3-9(11,12)13;/h1-2,5H,3-4,14H2;1H. The van der Waals surface area contributed by atoms with E-state index < -0.39 is 25.0 Å². The third kappa shape index (κ3) is 5.06. The highest BCUT2D eigenvalue weighted by molar-refractivity contribution is 5.85. The normalized spacial score (nSPS) is 10.8. The molecular weight excluding hydrogens is 250 g/mol. The van der Waals surface area contributed by atoms with Gasteiger partial charge in [-0.3, -0.25) is 0 Å². The Labute approximate surface area is 95.8 Å². The number of hydrogen-bond acceptors (Lipinski definition) is 2. The Balaban J connectivity index is 0.00000225. The smallest absolute Gasteiger partial charge is 0.392 e. The maximum atomic E-state index is 12.5. The summed E-state index contributed by atoms with van der Waals surface area (Å²) in [4.78, 5) is 0. The molecule has 0 aromatic heterocycles. The first-order valence-electron chi connectivity index (χ1n) is 4.13. The molecule has 0 aliphatic carbocycles. The van der Waals surface area contributed by atoms with Gasteiger partial charge < -0.3 is 10.5 Å². The molecule has 1 rings (SSSR count). The number of hydrogen-bond donors (Lipinski definition) is 1. The molecule has 16 heavy (non-hydrogen) atoms. The molecule has 7 heteroatoms. The van der Waals surface area contributed by atoms with Crippen molar-refractivity contribution in [3.8, 4) is 5.75 Å². The quantitative estimate of drug-likeness (QED) is 0.668. The van der Waals surface area contributed by atoms with E-state index in [0.717, 1.165) is 12.1 Å². The second-order valence-corrected chi connectivity index (χ2v) is 2.90. The average Bonchev–Trinajstić information content (AvgIpc) is 2.07. The number of anilines is 1. The molecule has 2 N–H and O–H groups in total. The number of ether oxygens (including phenoxy) is 1. The van der Waals surface area contributed by atoms with Crippen molar-refractivity contribution in [2.45, 2.75) is 12.6 Å². The van der Waals surface area contributed by atoms with Gasteiger partial charge >= 0.3 is 6.18 Å². The van der Waals surface area contributed by atoms with Crippen molar-refractivity contribution in [3.63, 3.8) is 0 Å². The van der Waals surface area contributed by atoms with Crippen LogP contribution in [-0.2, 0) is 0 Å². The predicted molar refractivity (Wildman–Crippen MR) is 54.2 cm³/mol. The molecular formula is C9H10ClF4NO. The van der Waals surface area contributed by atoms with Crippen LogP contribution in [0.15, 0.2) is 18.2 Å². The first-order valence-corrected chi connectivity index (χ1v) is 4.13. The zero-order valence-corrected chi connectivity index (χ0v) is 8.87. The fourth-order valence-electron chi connectivity index (χ4n) is 0.927. The Morgan fingerprint density at radius 3 is 2.38 bits per heavy atom. The van der Waals surface area contributed by atoms with E-state index in [9.17, 15) is 17.6 Å². The van der Waals surface area contributed by atoms with Crippen LogP contribution in [0.25, 0.3) is 0 Å². The summed E-state index contributed by atoms with van der Waals surface area (Å²) in [5, 5.41) is 0. The molecule has 0 atom stereocenters. The summed E-state index contributed by atoms with van der Waals surface area (Å²) in [7, 11) is 0. The summed E-state index contributed by atoms with van der Waals surface area (Å²) in [6, 6.07) is 3.25. The highest BCUT2D eigenvalue weighted by Gasteiger charge is 2.26. The molecule has 92 valence electrons. The second kappa shape index (κ2) is 5.79. The van der Waals surface area contributed by atoms with E-state index in [0.29, 0.717) is 0 Å². The molecule has 0 spiro atoms. The minimum Gasteiger partial charge on any atom is -0.491 e. The van der Waals surface area contributed by atoms with E-state index >= 15 is 0 Å². The molecule has 0 radical (unpaired) electrons. The van der Waals surface area contributed by atoms with Gasteiger partial charge in [-0.25, -0.2) is 4.39 Å². The molecule has 1 aromatic rings. The highest BCUT2D eigenvalue weighted by atomic mass is 35.5. The molecule has 2 nitrogen and oxygen atoms in total. The topological polar surface area (TPSA) is 35.2 Å². The van der Waals surface area contributed by atoms with Crippen LogP contribution in [-0.4, -0.2) is 12.8 Å². The van der Waals surface area contributed by atoms with Crippen molar-refractivity contribution in [1.82, 2.24) is 0 Å². The van der Waals surface area contributed by atoms with Gasteiger partial charge in [-0.15, -0.1) is 12.4 Å². The van der Waals surface area contributed by atoms with Gasteiger partial charge in [-0.1, -0.05) is 0 Å². The van der Waals surface area contributed by atoms with Gasteiger partial charge in [0.2, 0.25) is 0 Å². The first-order chi connectivity index (χ1) is 6.88. The van der Waals surface area contributed by atoms with E-state index in [-0.39, 0.29) is 23.8 Å². The van der Waals surface area contributed by atoms with Gasteiger partial charge in [0.15, 0.2) is 0 Å². The predicted octanol–water partition coefficient (Wildman–Crippen LogP) is 3.16. The third-order valence-corrected chi connectivity index (χ3v) is 1.61. The van der Waals surface area contributed by atoms with E-state index in [1.54, 1.807) is 0 Å². The number of benzene rings is 1. The Morgan fingerprint density at radius 2 is 1.88 bits per heavy atom. The monoisotopic (exact) mass is 259 g/mol. The maximum absolute atomic E-state index is 12.5. The fourth-order valence-corrected chi connectivity index (χ4v) is 0.927. The molecule has 1 aromatic carbocycles. The molecule has 0 aliphatic rings. The van der Waals surface area contributed by atoms with Crippen LogP contribution in [0.3, 0.4) is 0 Å². The summed E-state index contributed by atoms with van der Waals surface area (Å²) >= 11 is 0. The number of halogens is 5. The molecule has 0 aliphatic heterocycles. The Bertz CT molecular complexity index is 343. The van der Waals surface area contributed by atoms with Crippen LogP contribution in [0.2, 0.25) is 0 Å². The summed E-state index contributed by atoms with van der Waals surface area (Å²) in [5.74, 6) is -0.503. The molecule has 0 fully saturated rings. The van der Waals surface area contributed by atoms with Gasteiger partial charge in [-0.2, -0.15) is 13.2 Å². The van der Waals surface area contributed by atoms with Crippen LogP contribution in [0.5, 0.6) is 5.75 Å². The Morgan fingerprint density at radius 1 is 1.25 bits per heavy atom. The van der Waals surface area contributed by atoms with Crippen LogP contribution in [0.1, 0.15) is 6.42 Å². The Hall–Kier alpha value is -1.17. The summed E-state index contributed by atoms with van der Waals surface area (Å²) < 4.78 is 52.6. The first kappa shape index (κ1) is 14.8. The third-order valence-electron chi connectivity index (χ3n) is 1.61. The maximum Gasteiger partial charge on any atom is 0.392 e. The Kier molecular flexibility index (Phi) is 5.37. The fraction of sp³-hybridized carbons (Fsp3) is 0.333. The van der Waals surface area contributed by atoms with Crippen LogP contribution in [0, 0.1) is 5.82 Å². The summed E-state index contributed by atoms with van der Waals surface area (Å²) in [6.07, 6.45) is -5.33. The largest absolute Gasteiger partial charge is 0.491 e. The molecule has 0 bridgehead atoms. The van der Waals surface area contributed by atoms with Gasteiger partial charge in [-0.05, 0) is 12.1 Å². The van der Waals surface area contributed by atoms with Crippen LogP contribution < -0.4 is 10.5 Å². The lowest BCUT2D eigenvalue weighted by Gasteiger charge is -2.10. The molecule has 0 saturated carbocycles. The van der Waals surface area contributed by atoms with Crippen molar-refractivity contribution in [1.29, 1.82) is 0 Å². The minimum absolute atomic E-state index is 0. The van der Waals surface area contributed by atoms with Crippen LogP contribution in [0.4, 0.5) is 23.2 Å². The average molecular weight is 260 g/mol. The molecule has 0 heterocycles. The van der Waals surface area contributed by atoms with Crippen molar-refractivity contribution < 1.29 is 22.3 Å². The van der Waals surface area contributed by atoms with Gasteiger partial charge in [0, 0.05) is 6.07 Å². The SMILES string of the molecule is Cl.Nc1cc(F)ccc1OCCC(F)(F)F. The lowest BCUT2D eigenvalue weighted by Crippen LogP contribution is -2.13. The highest BCUT2D eigenvalue weighted by Crippen LogP contribution is 2.24. The van der Waals surface area contributed by atoms with E-state index in [1.807, 2.05) is 0 Å². The van der Waals surface area contributed by atoms with Crippen molar-refractivity contribution in [3.05, 3.63) is 24.0 Å². The zero-order chi connectivity index (χ0) is 11.5. The molecule has 0 unspecified atom stereocenters. The number of rotatable bonds is 3. The number of alkyl halides is 3. The zero-order valence-electron chi connectivity index (χ0n) is 8.05. The van der Waals surface area contributed by atoms with Crippen molar-refractivity contribution in [2.75, 3.05) is 12.3 Å². The summed E-state index contributed by atoms with van der Waals surface area (Å²) in [6.45, 7) is -0.528. The van der Waals surface area contributed by atoms with E-state index in [1.165, 1.54) is 6.07 Å².